The van der Waals surface area contributed by atoms with Crippen LogP contribution in [0.25, 0.3) is 0 Å². The summed E-state index contributed by atoms with van der Waals surface area (Å²) in [5.74, 6) is -1.05. The van der Waals surface area contributed by atoms with Crippen LogP contribution in [0.1, 0.15) is 38.3 Å². The number of hydrogen-bond acceptors (Lipinski definition) is 3. The molecule has 0 bridgehead atoms. The van der Waals surface area contributed by atoms with E-state index in [2.05, 4.69) is 0 Å². The monoisotopic (exact) mass is 246 g/mol. The van der Waals surface area contributed by atoms with E-state index in [0.717, 1.165) is 0 Å². The van der Waals surface area contributed by atoms with Gasteiger partial charge in [0, 0.05) is 0 Å². The van der Waals surface area contributed by atoms with E-state index in [1.807, 2.05) is 26.8 Å². The summed E-state index contributed by atoms with van der Waals surface area (Å²) in [7, 11) is 0. The first kappa shape index (κ1) is 14.2. The smallest absolute Gasteiger partial charge is 0.328 e. The Bertz CT molecular complexity index is 480. The number of carboxylic acids is 1. The van der Waals surface area contributed by atoms with E-state index in [4.69, 9.17) is 11.0 Å². The van der Waals surface area contributed by atoms with Crippen LogP contribution in [0.4, 0.5) is 0 Å². The Labute approximate surface area is 107 Å². The van der Waals surface area contributed by atoms with Crippen LogP contribution in [-0.2, 0) is 10.3 Å². The molecule has 0 spiro atoms. The van der Waals surface area contributed by atoms with Gasteiger partial charge >= 0.3 is 5.97 Å². The highest BCUT2D eigenvalue weighted by molar-refractivity contribution is 5.80. The predicted octanol–water partition coefficient (Wildman–Crippen LogP) is 2.23. The predicted molar refractivity (Wildman–Crippen MR) is 68.7 cm³/mol. The van der Waals surface area contributed by atoms with Gasteiger partial charge in [0.1, 0.15) is 5.54 Å². The molecule has 0 amide bonds. The van der Waals surface area contributed by atoms with E-state index in [1.54, 1.807) is 24.3 Å². The van der Waals surface area contributed by atoms with Gasteiger partial charge in [-0.05, 0) is 29.5 Å². The zero-order valence-corrected chi connectivity index (χ0v) is 10.9. The molecule has 96 valence electrons. The van der Waals surface area contributed by atoms with E-state index in [0.29, 0.717) is 17.5 Å². The maximum absolute atomic E-state index is 11.5. The number of carboxylic acid groups (broad SMARTS) is 1. The largest absolute Gasteiger partial charge is 0.480 e. The van der Waals surface area contributed by atoms with Crippen molar-refractivity contribution in [3.05, 3.63) is 35.4 Å². The van der Waals surface area contributed by atoms with Gasteiger partial charge < -0.3 is 10.8 Å². The number of aliphatic carboxylic acids is 1. The summed E-state index contributed by atoms with van der Waals surface area (Å²) in [4.78, 5) is 11.5. The Kier molecular flexibility index (Phi) is 3.78. The fraction of sp³-hybridized carbons (Fsp3) is 0.429. The molecule has 1 unspecified atom stereocenters. The minimum Gasteiger partial charge on any atom is -0.480 e. The van der Waals surface area contributed by atoms with Crippen LogP contribution in [0.5, 0.6) is 0 Å². The second-order valence-electron chi connectivity index (χ2n) is 5.70. The number of benzene rings is 1. The van der Waals surface area contributed by atoms with Gasteiger partial charge in [0.2, 0.25) is 0 Å². The van der Waals surface area contributed by atoms with E-state index in [1.165, 1.54) is 0 Å². The first-order valence-corrected chi connectivity index (χ1v) is 5.72. The lowest BCUT2D eigenvalue weighted by Crippen LogP contribution is -2.47. The second kappa shape index (κ2) is 4.79. The average Bonchev–Trinajstić information content (AvgIpc) is 2.26. The van der Waals surface area contributed by atoms with Gasteiger partial charge in [-0.25, -0.2) is 4.79 Å². The first-order valence-electron chi connectivity index (χ1n) is 5.72. The fourth-order valence-electron chi connectivity index (χ4n) is 1.98. The van der Waals surface area contributed by atoms with Gasteiger partial charge in [0.15, 0.2) is 0 Å². The molecular weight excluding hydrogens is 228 g/mol. The van der Waals surface area contributed by atoms with Gasteiger partial charge in [0.25, 0.3) is 0 Å². The molecule has 1 aromatic rings. The first-order chi connectivity index (χ1) is 8.19. The molecule has 0 aliphatic carbocycles. The van der Waals surface area contributed by atoms with Crippen molar-refractivity contribution in [1.82, 2.24) is 0 Å². The molecule has 4 heteroatoms. The molecule has 18 heavy (non-hydrogen) atoms. The summed E-state index contributed by atoms with van der Waals surface area (Å²) in [5.41, 5.74) is 5.43. The zero-order chi connectivity index (χ0) is 14.0. The van der Waals surface area contributed by atoms with Crippen molar-refractivity contribution in [3.8, 4) is 6.07 Å². The fourth-order valence-corrected chi connectivity index (χ4v) is 1.98. The maximum Gasteiger partial charge on any atom is 0.328 e. The van der Waals surface area contributed by atoms with Gasteiger partial charge in [0.05, 0.1) is 11.6 Å². The Morgan fingerprint density at radius 3 is 2.17 bits per heavy atom. The lowest BCUT2D eigenvalue weighted by molar-refractivity contribution is -0.145. The highest BCUT2D eigenvalue weighted by atomic mass is 16.4. The summed E-state index contributed by atoms with van der Waals surface area (Å²) in [6, 6.07) is 8.39. The van der Waals surface area contributed by atoms with Crippen LogP contribution in [0.3, 0.4) is 0 Å². The van der Waals surface area contributed by atoms with Crippen LogP contribution in [0, 0.1) is 16.7 Å². The molecule has 1 aromatic carbocycles. The molecule has 3 N–H and O–H groups in total. The Hall–Kier alpha value is -1.86. The third-order valence-corrected chi connectivity index (χ3v) is 2.72. The van der Waals surface area contributed by atoms with E-state index in [9.17, 15) is 9.90 Å². The number of hydrogen-bond donors (Lipinski definition) is 2. The molecule has 0 fully saturated rings. The third kappa shape index (κ3) is 3.08. The zero-order valence-electron chi connectivity index (χ0n) is 10.9. The maximum atomic E-state index is 11.5. The summed E-state index contributed by atoms with van der Waals surface area (Å²) in [6.07, 6.45) is 0.321. The number of carbonyl (C=O) groups is 1. The van der Waals surface area contributed by atoms with Gasteiger partial charge in [-0.1, -0.05) is 32.9 Å². The average molecular weight is 246 g/mol. The number of nitriles is 1. The minimum absolute atomic E-state index is 0.207. The van der Waals surface area contributed by atoms with Crippen LogP contribution in [0.2, 0.25) is 0 Å². The highest BCUT2D eigenvalue weighted by Crippen LogP contribution is 2.33. The number of nitrogens with zero attached hydrogens (tertiary/aromatic N) is 1. The topological polar surface area (TPSA) is 87.1 Å². The second-order valence-corrected chi connectivity index (χ2v) is 5.70. The van der Waals surface area contributed by atoms with Crippen LogP contribution >= 0.6 is 0 Å². The molecule has 0 saturated heterocycles. The van der Waals surface area contributed by atoms with Crippen molar-refractivity contribution >= 4 is 5.97 Å². The quantitative estimate of drug-likeness (QED) is 0.856. The Balaban J connectivity index is 3.19. The normalized spacial score (nSPS) is 14.6. The summed E-state index contributed by atoms with van der Waals surface area (Å²) in [5, 5.41) is 18.1. The Morgan fingerprint density at radius 2 is 1.83 bits per heavy atom. The van der Waals surface area contributed by atoms with Crippen molar-refractivity contribution in [3.63, 3.8) is 0 Å². The van der Waals surface area contributed by atoms with E-state index < -0.39 is 11.5 Å². The van der Waals surface area contributed by atoms with Crippen LogP contribution < -0.4 is 5.73 Å². The molecule has 0 saturated carbocycles. The lowest BCUT2D eigenvalue weighted by atomic mass is 9.76. The molecular formula is C14H18N2O2. The molecule has 1 atom stereocenters. The number of nitrogens with two attached hydrogens (primary N) is 1. The molecule has 0 aromatic heterocycles. The van der Waals surface area contributed by atoms with Crippen LogP contribution in [-0.4, -0.2) is 11.1 Å². The molecule has 0 heterocycles. The molecule has 0 aliphatic rings. The van der Waals surface area contributed by atoms with Crippen molar-refractivity contribution < 1.29 is 9.90 Å². The van der Waals surface area contributed by atoms with Gasteiger partial charge in [-0.2, -0.15) is 5.26 Å². The molecule has 1 rings (SSSR count). The van der Waals surface area contributed by atoms with Gasteiger partial charge in [-0.15, -0.1) is 0 Å². The number of rotatable bonds is 3. The van der Waals surface area contributed by atoms with E-state index >= 15 is 0 Å². The Morgan fingerprint density at radius 1 is 1.33 bits per heavy atom. The van der Waals surface area contributed by atoms with Crippen molar-refractivity contribution in [1.29, 1.82) is 5.26 Å². The minimum atomic E-state index is -1.42. The van der Waals surface area contributed by atoms with Crippen LogP contribution in [0.15, 0.2) is 24.3 Å². The van der Waals surface area contributed by atoms with Crippen molar-refractivity contribution in [2.24, 2.45) is 11.1 Å². The summed E-state index contributed by atoms with van der Waals surface area (Å²) in [6.45, 7) is 5.84. The molecule has 0 aliphatic heterocycles. The van der Waals surface area contributed by atoms with Crippen molar-refractivity contribution in [2.75, 3.05) is 0 Å². The van der Waals surface area contributed by atoms with E-state index in [-0.39, 0.29) is 5.41 Å². The third-order valence-electron chi connectivity index (χ3n) is 2.72. The standard InChI is InChI=1S/C14H18N2O2/c1-13(2,3)9-14(16,12(17)18)11-6-4-10(8-15)5-7-11/h4-7H,9,16H2,1-3H3,(H,17,18). The van der Waals surface area contributed by atoms with Crippen molar-refractivity contribution in [2.45, 2.75) is 32.7 Å². The summed E-state index contributed by atoms with van der Waals surface area (Å²) < 4.78 is 0. The molecule has 0 radical (unpaired) electrons. The SMILES string of the molecule is CC(C)(C)CC(N)(C(=O)O)c1ccc(C#N)cc1. The lowest BCUT2D eigenvalue weighted by Gasteiger charge is -2.32. The summed E-state index contributed by atoms with van der Waals surface area (Å²) >= 11 is 0. The molecule has 4 nitrogen and oxygen atoms in total. The highest BCUT2D eigenvalue weighted by Gasteiger charge is 2.39. The van der Waals surface area contributed by atoms with Gasteiger partial charge in [-0.3, -0.25) is 0 Å².